The molecule has 0 atom stereocenters. The van der Waals surface area contributed by atoms with Crippen molar-refractivity contribution in [3.8, 4) is 0 Å². The fraction of sp³-hybridized carbons (Fsp3) is 0.294. The summed E-state index contributed by atoms with van der Waals surface area (Å²) in [4.78, 5) is 34.8. The lowest BCUT2D eigenvalue weighted by molar-refractivity contribution is -0.119. The monoisotopic (exact) mass is 329 g/mol. The Morgan fingerprint density at radius 3 is 2.42 bits per heavy atom. The van der Waals surface area contributed by atoms with Gasteiger partial charge in [0.2, 0.25) is 0 Å². The fourth-order valence-electron chi connectivity index (χ4n) is 1.96. The van der Waals surface area contributed by atoms with Crippen LogP contribution in [0.4, 0.5) is 5.69 Å². The van der Waals surface area contributed by atoms with E-state index in [1.165, 1.54) is 24.7 Å². The standard InChI is InChI=1S/C17H19N3O4/c1-11(2)12-4-6-13(7-5-12)18-15(21)10-24-17(23)14-8-9-16(22)20(3)19-14/h4-9,11H,10H2,1-3H3,(H,18,21). The Balaban J connectivity index is 1.89. The van der Waals surface area contributed by atoms with Gasteiger partial charge in [0.15, 0.2) is 12.3 Å². The van der Waals surface area contributed by atoms with E-state index < -0.39 is 18.5 Å². The molecule has 1 N–H and O–H groups in total. The number of amides is 1. The largest absolute Gasteiger partial charge is 0.451 e. The van der Waals surface area contributed by atoms with Crippen LogP contribution in [0.5, 0.6) is 0 Å². The van der Waals surface area contributed by atoms with Crippen molar-refractivity contribution in [2.45, 2.75) is 19.8 Å². The number of esters is 1. The molecule has 0 saturated carbocycles. The lowest BCUT2D eigenvalue weighted by atomic mass is 10.0. The van der Waals surface area contributed by atoms with E-state index in [1.54, 1.807) is 12.1 Å². The molecule has 0 bridgehead atoms. The van der Waals surface area contributed by atoms with Crippen LogP contribution < -0.4 is 10.9 Å². The molecule has 1 heterocycles. The lowest BCUT2D eigenvalue weighted by Crippen LogP contribution is -2.24. The lowest BCUT2D eigenvalue weighted by Gasteiger charge is -2.09. The molecule has 126 valence electrons. The highest BCUT2D eigenvalue weighted by atomic mass is 16.5. The summed E-state index contributed by atoms with van der Waals surface area (Å²) in [7, 11) is 1.42. The average Bonchev–Trinajstić information content (AvgIpc) is 2.55. The van der Waals surface area contributed by atoms with Gasteiger partial charge in [-0.25, -0.2) is 9.48 Å². The number of carbonyl (C=O) groups is 2. The van der Waals surface area contributed by atoms with Gasteiger partial charge >= 0.3 is 5.97 Å². The second kappa shape index (κ2) is 7.54. The Labute approximate surface area is 139 Å². The number of nitrogens with zero attached hydrogens (tertiary/aromatic N) is 2. The van der Waals surface area contributed by atoms with E-state index in [9.17, 15) is 14.4 Å². The third-order valence-corrected chi connectivity index (χ3v) is 3.37. The molecule has 0 saturated heterocycles. The first-order valence-corrected chi connectivity index (χ1v) is 7.48. The van der Waals surface area contributed by atoms with E-state index in [1.807, 2.05) is 12.1 Å². The Morgan fingerprint density at radius 1 is 1.17 bits per heavy atom. The normalized spacial score (nSPS) is 10.5. The molecule has 0 radical (unpaired) electrons. The van der Waals surface area contributed by atoms with Gasteiger partial charge < -0.3 is 10.1 Å². The van der Waals surface area contributed by atoms with Gasteiger partial charge in [0.25, 0.3) is 11.5 Å². The van der Waals surface area contributed by atoms with Crippen LogP contribution in [0.25, 0.3) is 0 Å². The first kappa shape index (κ1) is 17.4. The second-order valence-corrected chi connectivity index (χ2v) is 5.58. The molecule has 2 aromatic rings. The maximum absolute atomic E-state index is 11.8. The number of anilines is 1. The van der Waals surface area contributed by atoms with Crippen molar-refractivity contribution in [3.05, 3.63) is 58.0 Å². The molecule has 7 nitrogen and oxygen atoms in total. The molecule has 2 rings (SSSR count). The van der Waals surface area contributed by atoms with Crippen LogP contribution in [0.3, 0.4) is 0 Å². The van der Waals surface area contributed by atoms with Gasteiger partial charge in [0, 0.05) is 18.8 Å². The quantitative estimate of drug-likeness (QED) is 0.843. The summed E-state index contributed by atoms with van der Waals surface area (Å²) < 4.78 is 5.91. The SMILES string of the molecule is CC(C)c1ccc(NC(=O)COC(=O)c2ccc(=O)n(C)n2)cc1. The van der Waals surface area contributed by atoms with Crippen LogP contribution in [0.2, 0.25) is 0 Å². The summed E-state index contributed by atoms with van der Waals surface area (Å²) in [6.45, 7) is 3.73. The zero-order valence-electron chi connectivity index (χ0n) is 13.8. The van der Waals surface area contributed by atoms with Gasteiger partial charge in [0.05, 0.1) is 0 Å². The number of rotatable bonds is 5. The average molecular weight is 329 g/mol. The molecule has 1 amide bonds. The third-order valence-electron chi connectivity index (χ3n) is 3.37. The maximum atomic E-state index is 11.8. The van der Waals surface area contributed by atoms with Gasteiger partial charge in [-0.15, -0.1) is 0 Å². The van der Waals surface area contributed by atoms with Gasteiger partial charge in [0.1, 0.15) is 0 Å². The zero-order chi connectivity index (χ0) is 17.7. The molecule has 24 heavy (non-hydrogen) atoms. The minimum atomic E-state index is -0.768. The van der Waals surface area contributed by atoms with E-state index in [0.717, 1.165) is 4.68 Å². The van der Waals surface area contributed by atoms with Crippen molar-refractivity contribution >= 4 is 17.6 Å². The van der Waals surface area contributed by atoms with Crippen molar-refractivity contribution in [3.63, 3.8) is 0 Å². The number of ether oxygens (including phenoxy) is 1. The Bertz CT molecular complexity index is 794. The van der Waals surface area contributed by atoms with Crippen molar-refractivity contribution < 1.29 is 14.3 Å². The molecule has 1 aromatic heterocycles. The second-order valence-electron chi connectivity index (χ2n) is 5.58. The molecule has 0 spiro atoms. The summed E-state index contributed by atoms with van der Waals surface area (Å²) in [6, 6.07) is 9.92. The van der Waals surface area contributed by atoms with Gasteiger partial charge in [-0.1, -0.05) is 26.0 Å². The van der Waals surface area contributed by atoms with E-state index >= 15 is 0 Å². The highest BCUT2D eigenvalue weighted by Crippen LogP contribution is 2.17. The van der Waals surface area contributed by atoms with E-state index in [-0.39, 0.29) is 11.3 Å². The van der Waals surface area contributed by atoms with E-state index in [4.69, 9.17) is 4.74 Å². The number of aryl methyl sites for hydroxylation is 1. The molecule has 0 aliphatic carbocycles. The van der Waals surface area contributed by atoms with Crippen LogP contribution in [0.15, 0.2) is 41.2 Å². The number of hydrogen-bond acceptors (Lipinski definition) is 5. The summed E-state index contributed by atoms with van der Waals surface area (Å²) in [6.07, 6.45) is 0. The summed E-state index contributed by atoms with van der Waals surface area (Å²) in [5.41, 5.74) is 1.42. The van der Waals surface area contributed by atoms with Crippen molar-refractivity contribution in [2.24, 2.45) is 7.05 Å². The van der Waals surface area contributed by atoms with Crippen LogP contribution in [-0.2, 0) is 16.6 Å². The maximum Gasteiger partial charge on any atom is 0.359 e. The molecular formula is C17H19N3O4. The number of benzene rings is 1. The first-order valence-electron chi connectivity index (χ1n) is 7.48. The highest BCUT2D eigenvalue weighted by Gasteiger charge is 2.13. The number of aromatic nitrogens is 2. The number of hydrogen-bond donors (Lipinski definition) is 1. The van der Waals surface area contributed by atoms with Gasteiger partial charge in [-0.3, -0.25) is 9.59 Å². The molecule has 1 aromatic carbocycles. The first-order chi connectivity index (χ1) is 11.4. The smallest absolute Gasteiger partial charge is 0.359 e. The predicted octanol–water partition coefficient (Wildman–Crippen LogP) is 1.70. The molecular weight excluding hydrogens is 310 g/mol. The van der Waals surface area contributed by atoms with Crippen molar-refractivity contribution in [1.29, 1.82) is 0 Å². The molecule has 0 fully saturated rings. The van der Waals surface area contributed by atoms with E-state index in [2.05, 4.69) is 24.3 Å². The number of carbonyl (C=O) groups excluding carboxylic acids is 2. The van der Waals surface area contributed by atoms with Crippen LogP contribution >= 0.6 is 0 Å². The molecule has 7 heteroatoms. The Morgan fingerprint density at radius 2 is 1.83 bits per heavy atom. The van der Waals surface area contributed by atoms with Crippen LogP contribution in [-0.4, -0.2) is 28.3 Å². The van der Waals surface area contributed by atoms with Crippen molar-refractivity contribution in [1.82, 2.24) is 9.78 Å². The Hall–Kier alpha value is -2.96. The van der Waals surface area contributed by atoms with Gasteiger partial charge in [-0.05, 0) is 29.7 Å². The van der Waals surface area contributed by atoms with Gasteiger partial charge in [-0.2, -0.15) is 5.10 Å². The minimum absolute atomic E-state index is 0.0359. The third kappa shape index (κ3) is 4.52. The fourth-order valence-corrected chi connectivity index (χ4v) is 1.96. The van der Waals surface area contributed by atoms with Crippen LogP contribution in [0, 0.1) is 0 Å². The van der Waals surface area contributed by atoms with Crippen molar-refractivity contribution in [2.75, 3.05) is 11.9 Å². The zero-order valence-corrected chi connectivity index (χ0v) is 13.8. The summed E-state index contributed by atoms with van der Waals surface area (Å²) in [5, 5.41) is 6.40. The van der Waals surface area contributed by atoms with Crippen LogP contribution in [0.1, 0.15) is 35.8 Å². The predicted molar refractivity (Wildman–Crippen MR) is 88.9 cm³/mol. The van der Waals surface area contributed by atoms with E-state index in [0.29, 0.717) is 11.6 Å². The highest BCUT2D eigenvalue weighted by molar-refractivity contribution is 5.94. The Kier molecular flexibility index (Phi) is 5.47. The number of nitrogens with one attached hydrogen (secondary N) is 1. The topological polar surface area (TPSA) is 90.3 Å². The molecule has 0 aliphatic rings. The summed E-state index contributed by atoms with van der Waals surface area (Å²) in [5.74, 6) is -0.814. The minimum Gasteiger partial charge on any atom is -0.451 e. The molecule has 0 aliphatic heterocycles. The molecule has 0 unspecified atom stereocenters. The summed E-state index contributed by atoms with van der Waals surface area (Å²) >= 11 is 0.